The SMILES string of the molecule is c1ccc(N(c2ccc(-c3ccc4ccccc4c3)cc2)c2cccc3oc4ccccc4c23)c(-c2ccc3c(c2)oc2ccccc23)c1. The van der Waals surface area contributed by atoms with Crippen molar-refractivity contribution in [1.82, 2.24) is 0 Å². The monoisotopic (exact) mass is 627 g/mol. The summed E-state index contributed by atoms with van der Waals surface area (Å²) in [4.78, 5) is 2.37. The first-order valence-electron chi connectivity index (χ1n) is 16.6. The van der Waals surface area contributed by atoms with E-state index >= 15 is 0 Å². The zero-order valence-corrected chi connectivity index (χ0v) is 26.5. The first-order chi connectivity index (χ1) is 24.3. The second kappa shape index (κ2) is 11.0. The third-order valence-corrected chi connectivity index (χ3v) is 9.66. The molecule has 2 aromatic heterocycles. The quantitative estimate of drug-likeness (QED) is 0.190. The van der Waals surface area contributed by atoms with Gasteiger partial charge in [0, 0.05) is 27.4 Å². The van der Waals surface area contributed by atoms with Crippen LogP contribution in [0.25, 0.3) is 76.9 Å². The lowest BCUT2D eigenvalue weighted by molar-refractivity contribution is 0.668. The molecule has 3 nitrogen and oxygen atoms in total. The van der Waals surface area contributed by atoms with Gasteiger partial charge in [0.2, 0.25) is 0 Å². The van der Waals surface area contributed by atoms with Crippen LogP contribution in [-0.4, -0.2) is 0 Å². The fraction of sp³-hybridized carbons (Fsp3) is 0. The molecular weight excluding hydrogens is 599 g/mol. The van der Waals surface area contributed by atoms with Crippen molar-refractivity contribution in [3.8, 4) is 22.3 Å². The molecule has 0 radical (unpaired) electrons. The molecular formula is C46H29NO2. The lowest BCUT2D eigenvalue weighted by Gasteiger charge is -2.28. The molecule has 10 rings (SSSR count). The number of rotatable bonds is 5. The van der Waals surface area contributed by atoms with Crippen molar-refractivity contribution < 1.29 is 8.83 Å². The number of hydrogen-bond donors (Lipinski definition) is 0. The highest BCUT2D eigenvalue weighted by Gasteiger charge is 2.22. The van der Waals surface area contributed by atoms with Gasteiger partial charge in [0.25, 0.3) is 0 Å². The molecule has 10 aromatic rings. The average Bonchev–Trinajstić information content (AvgIpc) is 3.74. The number of anilines is 3. The summed E-state index contributed by atoms with van der Waals surface area (Å²) in [7, 11) is 0. The summed E-state index contributed by atoms with van der Waals surface area (Å²) < 4.78 is 12.7. The van der Waals surface area contributed by atoms with Crippen LogP contribution in [0.3, 0.4) is 0 Å². The van der Waals surface area contributed by atoms with Gasteiger partial charge in [-0.2, -0.15) is 0 Å². The number of hydrogen-bond acceptors (Lipinski definition) is 3. The highest BCUT2D eigenvalue weighted by molar-refractivity contribution is 6.14. The Kier molecular flexibility index (Phi) is 6.18. The summed E-state index contributed by atoms with van der Waals surface area (Å²) in [6, 6.07) is 62.1. The highest BCUT2D eigenvalue weighted by Crippen LogP contribution is 2.46. The topological polar surface area (TPSA) is 29.5 Å². The summed E-state index contributed by atoms with van der Waals surface area (Å²) in [5, 5.41) is 6.90. The summed E-state index contributed by atoms with van der Waals surface area (Å²) in [5.41, 5.74) is 11.2. The van der Waals surface area contributed by atoms with Crippen LogP contribution in [0.5, 0.6) is 0 Å². The Hall–Kier alpha value is -6.58. The second-order valence-electron chi connectivity index (χ2n) is 12.5. The van der Waals surface area contributed by atoms with E-state index in [1.807, 2.05) is 24.3 Å². The number of fused-ring (bicyclic) bond motifs is 7. The van der Waals surface area contributed by atoms with Crippen molar-refractivity contribution in [2.45, 2.75) is 0 Å². The van der Waals surface area contributed by atoms with Gasteiger partial charge in [-0.3, -0.25) is 0 Å². The van der Waals surface area contributed by atoms with Crippen molar-refractivity contribution in [3.63, 3.8) is 0 Å². The normalized spacial score (nSPS) is 11.7. The zero-order valence-electron chi connectivity index (χ0n) is 26.5. The highest BCUT2D eigenvalue weighted by atomic mass is 16.3. The smallest absolute Gasteiger partial charge is 0.137 e. The molecule has 0 fully saturated rings. The average molecular weight is 628 g/mol. The molecule has 0 N–H and O–H groups in total. The Morgan fingerprint density at radius 2 is 0.959 bits per heavy atom. The van der Waals surface area contributed by atoms with E-state index in [4.69, 9.17) is 8.83 Å². The van der Waals surface area contributed by atoms with Crippen LogP contribution in [0.15, 0.2) is 185 Å². The Morgan fingerprint density at radius 1 is 0.347 bits per heavy atom. The third-order valence-electron chi connectivity index (χ3n) is 9.66. The van der Waals surface area contributed by atoms with Gasteiger partial charge in [-0.05, 0) is 88.1 Å². The summed E-state index contributed by atoms with van der Waals surface area (Å²) in [5.74, 6) is 0. The third kappa shape index (κ3) is 4.51. The minimum Gasteiger partial charge on any atom is -0.456 e. The van der Waals surface area contributed by atoms with E-state index in [0.29, 0.717) is 0 Å². The number of furan rings is 2. The summed E-state index contributed by atoms with van der Waals surface area (Å²) in [6.45, 7) is 0. The second-order valence-corrected chi connectivity index (χ2v) is 12.5. The Morgan fingerprint density at radius 3 is 1.84 bits per heavy atom. The molecule has 0 saturated heterocycles. The molecule has 3 heteroatoms. The van der Waals surface area contributed by atoms with Crippen LogP contribution in [0.1, 0.15) is 0 Å². The van der Waals surface area contributed by atoms with E-state index < -0.39 is 0 Å². The standard InChI is InChI=1S/C46H29NO2/c1-2-11-32-28-33(21-20-30(32)10-1)31-22-25-35(26-23-31)47(41-16-9-19-44-46(41)39-14-5-8-18-43(39)48-44)40-15-6-3-12-36(40)34-24-27-38-37-13-4-7-17-42(37)49-45(38)29-34/h1-29H. The van der Waals surface area contributed by atoms with Crippen LogP contribution < -0.4 is 4.90 Å². The molecule has 0 aliphatic rings. The van der Waals surface area contributed by atoms with Crippen molar-refractivity contribution in [1.29, 1.82) is 0 Å². The van der Waals surface area contributed by atoms with Crippen LogP contribution in [0.4, 0.5) is 17.1 Å². The van der Waals surface area contributed by atoms with Crippen LogP contribution in [0.2, 0.25) is 0 Å². The molecule has 0 aliphatic carbocycles. The maximum Gasteiger partial charge on any atom is 0.137 e. The van der Waals surface area contributed by atoms with Gasteiger partial charge in [0.05, 0.1) is 16.8 Å². The minimum absolute atomic E-state index is 0.859. The van der Waals surface area contributed by atoms with E-state index in [2.05, 4.69) is 157 Å². The lowest BCUT2D eigenvalue weighted by Crippen LogP contribution is -2.11. The van der Waals surface area contributed by atoms with Crippen LogP contribution in [0, 0.1) is 0 Å². The van der Waals surface area contributed by atoms with E-state index in [9.17, 15) is 0 Å². The van der Waals surface area contributed by atoms with E-state index in [1.165, 1.54) is 21.9 Å². The van der Waals surface area contributed by atoms with Gasteiger partial charge in [0.15, 0.2) is 0 Å². The van der Waals surface area contributed by atoms with Gasteiger partial charge < -0.3 is 13.7 Å². The molecule has 49 heavy (non-hydrogen) atoms. The van der Waals surface area contributed by atoms with E-state index in [1.54, 1.807) is 0 Å². The summed E-state index contributed by atoms with van der Waals surface area (Å²) >= 11 is 0. The van der Waals surface area contributed by atoms with Crippen LogP contribution >= 0.6 is 0 Å². The lowest BCUT2D eigenvalue weighted by atomic mass is 9.98. The van der Waals surface area contributed by atoms with E-state index in [0.717, 1.165) is 72.1 Å². The molecule has 0 unspecified atom stereocenters. The molecule has 2 heterocycles. The molecule has 0 amide bonds. The van der Waals surface area contributed by atoms with Gasteiger partial charge in [-0.15, -0.1) is 0 Å². The predicted octanol–water partition coefficient (Wildman–Crippen LogP) is 13.4. The predicted molar refractivity (Wildman–Crippen MR) is 204 cm³/mol. The minimum atomic E-state index is 0.859. The number of nitrogens with zero attached hydrogens (tertiary/aromatic N) is 1. The van der Waals surface area contributed by atoms with Gasteiger partial charge in [-0.1, -0.05) is 115 Å². The van der Waals surface area contributed by atoms with Gasteiger partial charge >= 0.3 is 0 Å². The Bertz CT molecular complexity index is 2840. The van der Waals surface area contributed by atoms with Gasteiger partial charge in [-0.25, -0.2) is 0 Å². The molecule has 0 bridgehead atoms. The first kappa shape index (κ1) is 27.5. The van der Waals surface area contributed by atoms with Crippen LogP contribution in [-0.2, 0) is 0 Å². The maximum absolute atomic E-state index is 6.38. The van der Waals surface area contributed by atoms with Crippen molar-refractivity contribution in [2.24, 2.45) is 0 Å². The maximum atomic E-state index is 6.38. The first-order valence-corrected chi connectivity index (χ1v) is 16.6. The van der Waals surface area contributed by atoms with Crippen molar-refractivity contribution in [2.75, 3.05) is 4.90 Å². The largest absolute Gasteiger partial charge is 0.456 e. The molecule has 0 saturated carbocycles. The molecule has 0 aliphatic heterocycles. The fourth-order valence-corrected chi connectivity index (χ4v) is 7.33. The summed E-state index contributed by atoms with van der Waals surface area (Å²) in [6.07, 6.45) is 0. The van der Waals surface area contributed by atoms with Gasteiger partial charge in [0.1, 0.15) is 22.3 Å². The zero-order chi connectivity index (χ0) is 32.3. The molecule has 230 valence electrons. The molecule has 0 spiro atoms. The molecule has 8 aromatic carbocycles. The Labute approximate surface area is 282 Å². The Balaban J connectivity index is 1.18. The van der Waals surface area contributed by atoms with E-state index in [-0.39, 0.29) is 0 Å². The van der Waals surface area contributed by atoms with Crippen molar-refractivity contribution >= 4 is 71.7 Å². The number of para-hydroxylation sites is 3. The molecule has 0 atom stereocenters. The van der Waals surface area contributed by atoms with Crippen molar-refractivity contribution in [3.05, 3.63) is 176 Å². The fourth-order valence-electron chi connectivity index (χ4n) is 7.33. The number of benzene rings is 8.